The van der Waals surface area contributed by atoms with E-state index >= 15 is 0 Å². The molecule has 1 rings (SSSR count). The first-order chi connectivity index (χ1) is 9.97. The number of carbonyl (C=O) groups excluding carboxylic acids is 1. The Labute approximate surface area is 131 Å². The van der Waals surface area contributed by atoms with Crippen molar-refractivity contribution >= 4 is 23.1 Å². The van der Waals surface area contributed by atoms with Crippen LogP contribution in [0.4, 0.5) is 0 Å². The molecular weight excluding hydrogens is 286 g/mol. The molecule has 0 aromatic carbocycles. The predicted octanol–water partition coefficient (Wildman–Crippen LogP) is 1.35. The molecule has 0 saturated carbocycles. The summed E-state index contributed by atoms with van der Waals surface area (Å²) < 4.78 is 1.84. The molecule has 0 atom stereocenters. The van der Waals surface area contributed by atoms with Crippen LogP contribution >= 0.6 is 12.2 Å². The molecule has 0 aliphatic carbocycles. The minimum absolute atomic E-state index is 0.0686. The first kappa shape index (κ1) is 17.6. The number of rotatable bonds is 9. The van der Waals surface area contributed by atoms with E-state index in [0.29, 0.717) is 30.8 Å². The third-order valence-corrected chi connectivity index (χ3v) is 4.09. The zero-order valence-electron chi connectivity index (χ0n) is 13.1. The van der Waals surface area contributed by atoms with Gasteiger partial charge in [-0.2, -0.15) is 0 Å². The summed E-state index contributed by atoms with van der Waals surface area (Å²) >= 11 is 5.18. The van der Waals surface area contributed by atoms with Crippen LogP contribution in [0.15, 0.2) is 6.33 Å². The summed E-state index contributed by atoms with van der Waals surface area (Å²) in [6, 6.07) is 0. The van der Waals surface area contributed by atoms with E-state index < -0.39 is 5.41 Å². The predicted molar refractivity (Wildman–Crippen MR) is 86.8 cm³/mol. The lowest BCUT2D eigenvalue weighted by Gasteiger charge is -2.31. The number of nitrogens with two attached hydrogens (primary N) is 1. The zero-order chi connectivity index (χ0) is 15.9. The molecule has 1 heterocycles. The minimum atomic E-state index is -0.723. The van der Waals surface area contributed by atoms with E-state index in [1.807, 2.05) is 25.5 Å². The molecular formula is C14H25N5OS. The molecule has 0 radical (unpaired) electrons. The smallest absolute Gasteiger partial charge is 0.233 e. The molecule has 0 fully saturated rings. The monoisotopic (exact) mass is 311 g/mol. The van der Waals surface area contributed by atoms with E-state index in [2.05, 4.69) is 15.5 Å². The first-order valence-corrected chi connectivity index (χ1v) is 7.79. The quantitative estimate of drug-likeness (QED) is 0.672. The van der Waals surface area contributed by atoms with Crippen LogP contribution in [0.2, 0.25) is 0 Å². The second-order valence-electron chi connectivity index (χ2n) is 5.31. The van der Waals surface area contributed by atoms with Crippen molar-refractivity contribution in [2.75, 3.05) is 6.54 Å². The molecule has 7 heteroatoms. The van der Waals surface area contributed by atoms with Gasteiger partial charge in [-0.3, -0.25) is 4.79 Å². The van der Waals surface area contributed by atoms with Crippen LogP contribution in [0.1, 0.15) is 45.4 Å². The van der Waals surface area contributed by atoms with Crippen molar-refractivity contribution < 1.29 is 4.79 Å². The largest absolute Gasteiger partial charge is 0.392 e. The Morgan fingerprint density at radius 3 is 2.48 bits per heavy atom. The molecule has 1 aromatic heterocycles. The summed E-state index contributed by atoms with van der Waals surface area (Å²) in [4.78, 5) is 12.9. The molecule has 3 N–H and O–H groups in total. The second kappa shape index (κ2) is 8.07. The van der Waals surface area contributed by atoms with Crippen molar-refractivity contribution in [3.8, 4) is 0 Å². The van der Waals surface area contributed by atoms with Crippen molar-refractivity contribution in [2.45, 2.75) is 46.0 Å². The van der Waals surface area contributed by atoms with E-state index in [1.54, 1.807) is 6.33 Å². The van der Waals surface area contributed by atoms with Gasteiger partial charge in [-0.1, -0.05) is 38.9 Å². The number of nitrogens with one attached hydrogen (secondary N) is 1. The minimum Gasteiger partial charge on any atom is -0.392 e. The van der Waals surface area contributed by atoms with E-state index in [4.69, 9.17) is 18.0 Å². The Hall–Kier alpha value is -1.50. The van der Waals surface area contributed by atoms with Gasteiger partial charge in [-0.25, -0.2) is 0 Å². The highest BCUT2D eigenvalue weighted by Gasteiger charge is 2.39. The Morgan fingerprint density at radius 2 is 2.05 bits per heavy atom. The Bertz CT molecular complexity index is 479. The number of thiocarbonyl (C=S) groups is 1. The number of hydrogen-bond acceptors (Lipinski definition) is 4. The van der Waals surface area contributed by atoms with Crippen molar-refractivity contribution in [1.82, 2.24) is 20.1 Å². The Morgan fingerprint density at radius 1 is 1.43 bits per heavy atom. The fourth-order valence-corrected chi connectivity index (χ4v) is 2.85. The number of hydrogen-bond donors (Lipinski definition) is 2. The van der Waals surface area contributed by atoms with Gasteiger partial charge in [0.2, 0.25) is 5.91 Å². The Kier molecular flexibility index (Phi) is 6.74. The van der Waals surface area contributed by atoms with Crippen LogP contribution < -0.4 is 11.1 Å². The van der Waals surface area contributed by atoms with Gasteiger partial charge >= 0.3 is 0 Å². The van der Waals surface area contributed by atoms with Crippen LogP contribution in [-0.2, 0) is 18.3 Å². The van der Waals surface area contributed by atoms with Crippen LogP contribution in [0, 0.1) is 5.41 Å². The molecule has 21 heavy (non-hydrogen) atoms. The fourth-order valence-electron chi connectivity index (χ4n) is 2.55. The summed E-state index contributed by atoms with van der Waals surface area (Å²) in [5.41, 5.74) is 5.16. The molecule has 0 saturated heterocycles. The molecule has 0 spiro atoms. The van der Waals surface area contributed by atoms with Crippen molar-refractivity contribution in [2.24, 2.45) is 18.2 Å². The SMILES string of the molecule is CCCC(CCC)(C(=O)NCCc1nncn1C)C(N)=S. The molecule has 0 bridgehead atoms. The molecule has 1 aromatic rings. The van der Waals surface area contributed by atoms with Gasteiger partial charge in [0.15, 0.2) is 0 Å². The summed E-state index contributed by atoms with van der Waals surface area (Å²) in [5, 5.41) is 10.8. The number of aryl methyl sites for hydroxylation is 1. The van der Waals surface area contributed by atoms with E-state index in [9.17, 15) is 4.79 Å². The van der Waals surface area contributed by atoms with Crippen LogP contribution in [0.25, 0.3) is 0 Å². The fraction of sp³-hybridized carbons (Fsp3) is 0.714. The normalized spacial score (nSPS) is 11.4. The maximum Gasteiger partial charge on any atom is 0.233 e. The molecule has 6 nitrogen and oxygen atoms in total. The summed E-state index contributed by atoms with van der Waals surface area (Å²) in [5.74, 6) is 0.767. The standard InChI is InChI=1S/C14H25N5OS/c1-4-7-14(8-5-2,12(15)21)13(20)16-9-6-11-18-17-10-19(11)3/h10H,4-9H2,1-3H3,(H2,15,21)(H,16,20). The molecule has 0 aliphatic rings. The lowest BCUT2D eigenvalue weighted by molar-refractivity contribution is -0.128. The first-order valence-electron chi connectivity index (χ1n) is 7.39. The van der Waals surface area contributed by atoms with Gasteiger partial charge in [0.1, 0.15) is 12.2 Å². The Balaban J connectivity index is 2.68. The van der Waals surface area contributed by atoms with Gasteiger partial charge in [0.25, 0.3) is 0 Å². The number of amides is 1. The van der Waals surface area contributed by atoms with Crippen LogP contribution in [-0.4, -0.2) is 32.2 Å². The second-order valence-corrected chi connectivity index (χ2v) is 5.75. The van der Waals surface area contributed by atoms with Crippen molar-refractivity contribution in [3.05, 3.63) is 12.2 Å². The highest BCUT2D eigenvalue weighted by atomic mass is 32.1. The van der Waals surface area contributed by atoms with Crippen LogP contribution in [0.3, 0.4) is 0 Å². The van der Waals surface area contributed by atoms with Crippen molar-refractivity contribution in [1.29, 1.82) is 0 Å². The van der Waals surface area contributed by atoms with E-state index in [-0.39, 0.29) is 5.91 Å². The zero-order valence-corrected chi connectivity index (χ0v) is 13.9. The maximum atomic E-state index is 12.6. The number of nitrogens with zero attached hydrogens (tertiary/aromatic N) is 3. The molecule has 1 amide bonds. The summed E-state index contributed by atoms with van der Waals surface area (Å²) in [6.45, 7) is 4.58. The van der Waals surface area contributed by atoms with E-state index in [1.165, 1.54) is 0 Å². The average Bonchev–Trinajstić information content (AvgIpc) is 2.83. The maximum absolute atomic E-state index is 12.6. The highest BCUT2D eigenvalue weighted by Crippen LogP contribution is 2.30. The highest BCUT2D eigenvalue weighted by molar-refractivity contribution is 7.80. The van der Waals surface area contributed by atoms with E-state index in [0.717, 1.165) is 18.7 Å². The van der Waals surface area contributed by atoms with Crippen molar-refractivity contribution in [3.63, 3.8) is 0 Å². The van der Waals surface area contributed by atoms with Gasteiger partial charge < -0.3 is 15.6 Å². The number of carbonyl (C=O) groups is 1. The molecule has 118 valence electrons. The van der Waals surface area contributed by atoms with Gasteiger partial charge in [-0.15, -0.1) is 10.2 Å². The van der Waals surface area contributed by atoms with Gasteiger partial charge in [0, 0.05) is 20.0 Å². The molecule has 0 aliphatic heterocycles. The molecule has 0 unspecified atom stereocenters. The summed E-state index contributed by atoms with van der Waals surface area (Å²) in [6.07, 6.45) is 5.39. The topological polar surface area (TPSA) is 85.8 Å². The third kappa shape index (κ3) is 4.23. The number of aromatic nitrogens is 3. The van der Waals surface area contributed by atoms with Crippen LogP contribution in [0.5, 0.6) is 0 Å². The van der Waals surface area contributed by atoms with Gasteiger partial charge in [-0.05, 0) is 12.8 Å². The lowest BCUT2D eigenvalue weighted by atomic mass is 9.78. The summed E-state index contributed by atoms with van der Waals surface area (Å²) in [7, 11) is 1.88. The third-order valence-electron chi connectivity index (χ3n) is 3.70. The van der Waals surface area contributed by atoms with Gasteiger partial charge in [0.05, 0.1) is 10.4 Å². The lowest BCUT2D eigenvalue weighted by Crippen LogP contribution is -2.49. The average molecular weight is 311 g/mol.